The van der Waals surface area contributed by atoms with Crippen molar-refractivity contribution < 1.29 is 9.90 Å². The summed E-state index contributed by atoms with van der Waals surface area (Å²) in [5.74, 6) is 0.0426. The van der Waals surface area contributed by atoms with Crippen molar-refractivity contribution in [1.29, 1.82) is 0 Å². The first-order valence-electron chi connectivity index (χ1n) is 6.26. The molecule has 0 spiro atoms. The number of amides is 1. The number of nitrogens with two attached hydrogens (primary N) is 1. The predicted molar refractivity (Wildman–Crippen MR) is 70.1 cm³/mol. The zero-order valence-electron chi connectivity index (χ0n) is 11.0. The number of nitrogen functional groups attached to an aromatic ring is 1. The smallest absolute Gasteiger partial charge is 0.273 e. The Bertz CT molecular complexity index is 383. The largest absolute Gasteiger partial charge is 0.396 e. The number of nitrogens with one attached hydrogen (secondary N) is 1. The second-order valence-electron chi connectivity index (χ2n) is 4.48. The number of aromatic nitrogens is 2. The second kappa shape index (κ2) is 7.00. The summed E-state index contributed by atoms with van der Waals surface area (Å²) in [6, 6.07) is 0. The van der Waals surface area contributed by atoms with Gasteiger partial charge in [0.15, 0.2) is 5.69 Å². The van der Waals surface area contributed by atoms with Crippen LogP contribution in [0.2, 0.25) is 0 Å². The van der Waals surface area contributed by atoms with E-state index >= 15 is 0 Å². The van der Waals surface area contributed by atoms with Crippen LogP contribution in [-0.2, 0) is 7.05 Å². The van der Waals surface area contributed by atoms with Crippen molar-refractivity contribution in [3.05, 3.63) is 11.9 Å². The SMILES string of the molecule is CCCC(CCO)CNC(=O)c1nn(C)cc1N. The Morgan fingerprint density at radius 3 is 2.83 bits per heavy atom. The van der Waals surface area contributed by atoms with Crippen molar-refractivity contribution in [2.24, 2.45) is 13.0 Å². The normalized spacial score (nSPS) is 12.4. The van der Waals surface area contributed by atoms with Gasteiger partial charge in [-0.25, -0.2) is 0 Å². The van der Waals surface area contributed by atoms with Crippen LogP contribution in [0.1, 0.15) is 36.7 Å². The summed E-state index contributed by atoms with van der Waals surface area (Å²) >= 11 is 0. The van der Waals surface area contributed by atoms with Gasteiger partial charge in [0, 0.05) is 26.4 Å². The molecule has 1 unspecified atom stereocenters. The Labute approximate surface area is 107 Å². The van der Waals surface area contributed by atoms with Gasteiger partial charge in [-0.05, 0) is 18.8 Å². The van der Waals surface area contributed by atoms with Crippen molar-refractivity contribution in [1.82, 2.24) is 15.1 Å². The van der Waals surface area contributed by atoms with E-state index in [1.165, 1.54) is 4.68 Å². The number of carbonyl (C=O) groups is 1. The molecule has 1 aromatic rings. The molecule has 6 heteroatoms. The monoisotopic (exact) mass is 254 g/mol. The Balaban J connectivity index is 2.51. The minimum absolute atomic E-state index is 0.145. The van der Waals surface area contributed by atoms with E-state index in [4.69, 9.17) is 10.8 Å². The molecule has 4 N–H and O–H groups in total. The van der Waals surface area contributed by atoms with Crippen LogP contribution in [0.15, 0.2) is 6.20 Å². The molecule has 18 heavy (non-hydrogen) atoms. The number of aryl methyl sites for hydroxylation is 1. The van der Waals surface area contributed by atoms with E-state index < -0.39 is 0 Å². The first-order valence-corrected chi connectivity index (χ1v) is 6.26. The number of aliphatic hydroxyl groups excluding tert-OH is 1. The maximum absolute atomic E-state index is 11.9. The van der Waals surface area contributed by atoms with Crippen LogP contribution in [-0.4, -0.2) is 33.9 Å². The molecule has 1 heterocycles. The minimum atomic E-state index is -0.257. The molecule has 0 fully saturated rings. The van der Waals surface area contributed by atoms with Crippen molar-refractivity contribution in [3.8, 4) is 0 Å². The third-order valence-corrected chi connectivity index (χ3v) is 2.86. The lowest BCUT2D eigenvalue weighted by atomic mass is 10.0. The maximum Gasteiger partial charge on any atom is 0.273 e. The fourth-order valence-corrected chi connectivity index (χ4v) is 1.94. The van der Waals surface area contributed by atoms with E-state index in [1.807, 2.05) is 0 Å². The molecule has 0 bridgehead atoms. The quantitative estimate of drug-likeness (QED) is 0.661. The van der Waals surface area contributed by atoms with Crippen molar-refractivity contribution in [2.75, 3.05) is 18.9 Å². The van der Waals surface area contributed by atoms with Gasteiger partial charge in [-0.15, -0.1) is 0 Å². The van der Waals surface area contributed by atoms with E-state index in [0.717, 1.165) is 12.8 Å². The first-order chi connectivity index (χ1) is 8.58. The van der Waals surface area contributed by atoms with E-state index in [0.29, 0.717) is 24.6 Å². The first kappa shape index (κ1) is 14.5. The Morgan fingerprint density at radius 1 is 1.61 bits per heavy atom. The summed E-state index contributed by atoms with van der Waals surface area (Å²) in [6.07, 6.45) is 4.32. The highest BCUT2D eigenvalue weighted by Gasteiger charge is 2.15. The summed E-state index contributed by atoms with van der Waals surface area (Å²) in [7, 11) is 1.72. The summed E-state index contributed by atoms with van der Waals surface area (Å²) in [5.41, 5.74) is 6.32. The number of hydrogen-bond donors (Lipinski definition) is 3. The highest BCUT2D eigenvalue weighted by molar-refractivity contribution is 5.96. The topological polar surface area (TPSA) is 93.2 Å². The predicted octanol–water partition coefficient (Wildman–Crippen LogP) is 0.531. The molecular weight excluding hydrogens is 232 g/mol. The highest BCUT2D eigenvalue weighted by Crippen LogP contribution is 2.11. The number of rotatable bonds is 7. The van der Waals surface area contributed by atoms with Gasteiger partial charge in [0.1, 0.15) is 0 Å². The molecule has 0 aliphatic carbocycles. The molecule has 1 rings (SSSR count). The summed E-state index contributed by atoms with van der Waals surface area (Å²) in [5, 5.41) is 15.8. The Morgan fingerprint density at radius 2 is 2.33 bits per heavy atom. The fourth-order valence-electron chi connectivity index (χ4n) is 1.94. The zero-order chi connectivity index (χ0) is 13.5. The van der Waals surface area contributed by atoms with Gasteiger partial charge in [-0.2, -0.15) is 5.10 Å². The molecule has 0 radical (unpaired) electrons. The molecule has 0 aliphatic heterocycles. The molecule has 6 nitrogen and oxygen atoms in total. The van der Waals surface area contributed by atoms with Crippen LogP contribution < -0.4 is 11.1 Å². The molecule has 1 aromatic heterocycles. The van der Waals surface area contributed by atoms with E-state index in [2.05, 4.69) is 17.3 Å². The van der Waals surface area contributed by atoms with Crippen LogP contribution in [0.4, 0.5) is 5.69 Å². The third kappa shape index (κ3) is 4.03. The molecule has 0 saturated heterocycles. The Kier molecular flexibility index (Phi) is 5.64. The molecule has 102 valence electrons. The van der Waals surface area contributed by atoms with E-state index in [-0.39, 0.29) is 18.2 Å². The minimum Gasteiger partial charge on any atom is -0.396 e. The van der Waals surface area contributed by atoms with Crippen LogP contribution in [0.25, 0.3) is 0 Å². The fraction of sp³-hybridized carbons (Fsp3) is 0.667. The van der Waals surface area contributed by atoms with Gasteiger partial charge in [-0.3, -0.25) is 9.48 Å². The van der Waals surface area contributed by atoms with Crippen LogP contribution >= 0.6 is 0 Å². The van der Waals surface area contributed by atoms with Gasteiger partial charge in [-0.1, -0.05) is 13.3 Å². The molecule has 0 aromatic carbocycles. The Hall–Kier alpha value is -1.56. The number of nitrogens with zero attached hydrogens (tertiary/aromatic N) is 2. The molecular formula is C12H22N4O2. The van der Waals surface area contributed by atoms with Crippen molar-refractivity contribution >= 4 is 11.6 Å². The molecule has 0 saturated carbocycles. The van der Waals surface area contributed by atoms with E-state index in [9.17, 15) is 4.79 Å². The molecule has 1 atom stereocenters. The number of anilines is 1. The second-order valence-corrected chi connectivity index (χ2v) is 4.48. The van der Waals surface area contributed by atoms with Crippen LogP contribution in [0, 0.1) is 5.92 Å². The third-order valence-electron chi connectivity index (χ3n) is 2.86. The van der Waals surface area contributed by atoms with Crippen molar-refractivity contribution in [2.45, 2.75) is 26.2 Å². The standard InChI is InChI=1S/C12H22N4O2/c1-3-4-9(5-6-17)7-14-12(18)11-10(13)8-16(2)15-11/h8-9,17H,3-7,13H2,1-2H3,(H,14,18). The average molecular weight is 254 g/mol. The lowest BCUT2D eigenvalue weighted by Gasteiger charge is -2.15. The van der Waals surface area contributed by atoms with Gasteiger partial charge < -0.3 is 16.2 Å². The van der Waals surface area contributed by atoms with E-state index in [1.54, 1.807) is 13.2 Å². The average Bonchev–Trinajstić information content (AvgIpc) is 2.65. The highest BCUT2D eigenvalue weighted by atomic mass is 16.3. The molecule has 1 amide bonds. The zero-order valence-corrected chi connectivity index (χ0v) is 11.0. The number of carbonyl (C=O) groups excluding carboxylic acids is 1. The van der Waals surface area contributed by atoms with Gasteiger partial charge in [0.05, 0.1) is 5.69 Å². The lowest BCUT2D eigenvalue weighted by Crippen LogP contribution is -2.30. The summed E-state index contributed by atoms with van der Waals surface area (Å²) < 4.78 is 1.52. The van der Waals surface area contributed by atoms with Gasteiger partial charge >= 0.3 is 0 Å². The van der Waals surface area contributed by atoms with Gasteiger partial charge in [0.25, 0.3) is 5.91 Å². The maximum atomic E-state index is 11.9. The van der Waals surface area contributed by atoms with Crippen LogP contribution in [0.5, 0.6) is 0 Å². The summed E-state index contributed by atoms with van der Waals surface area (Å²) in [6.45, 7) is 2.78. The number of hydrogen-bond acceptors (Lipinski definition) is 4. The van der Waals surface area contributed by atoms with Crippen molar-refractivity contribution in [3.63, 3.8) is 0 Å². The lowest BCUT2D eigenvalue weighted by molar-refractivity contribution is 0.0938. The number of aliphatic hydroxyl groups is 1. The molecule has 0 aliphatic rings. The summed E-state index contributed by atoms with van der Waals surface area (Å²) in [4.78, 5) is 11.9. The van der Waals surface area contributed by atoms with Crippen LogP contribution in [0.3, 0.4) is 0 Å². The van der Waals surface area contributed by atoms with Gasteiger partial charge in [0.2, 0.25) is 0 Å².